The number of nitrogens with zero attached hydrogens (tertiary/aromatic N) is 2. The summed E-state index contributed by atoms with van der Waals surface area (Å²) in [6.45, 7) is 4.43. The van der Waals surface area contributed by atoms with E-state index in [1.165, 1.54) is 41.2 Å². The minimum absolute atomic E-state index is 0.0143. The number of hydrogen-bond acceptors (Lipinski definition) is 4. The lowest BCUT2D eigenvalue weighted by Gasteiger charge is -2.30. The quantitative estimate of drug-likeness (QED) is 0.391. The van der Waals surface area contributed by atoms with Crippen molar-refractivity contribution in [3.05, 3.63) is 110 Å². The summed E-state index contributed by atoms with van der Waals surface area (Å²) in [4.78, 5) is 16.1. The van der Waals surface area contributed by atoms with Crippen LogP contribution in [0.2, 0.25) is 0 Å². The number of fused-ring (bicyclic) bond motifs is 1. The van der Waals surface area contributed by atoms with E-state index in [1.807, 2.05) is 12.3 Å². The predicted molar refractivity (Wildman–Crippen MR) is 139 cm³/mol. The summed E-state index contributed by atoms with van der Waals surface area (Å²) in [6, 6.07) is 13.0. The van der Waals surface area contributed by atoms with Crippen LogP contribution in [0.5, 0.6) is 0 Å². The maximum atomic E-state index is 13.6. The fourth-order valence-electron chi connectivity index (χ4n) is 4.93. The summed E-state index contributed by atoms with van der Waals surface area (Å²) < 4.78 is 28.8. The molecular formula is C28H27F2N3OS. The molecule has 0 aliphatic carbocycles. The Morgan fingerprint density at radius 3 is 2.11 bits per heavy atom. The first kappa shape index (κ1) is 23.5. The molecule has 0 bridgehead atoms. The summed E-state index contributed by atoms with van der Waals surface area (Å²) in [5.41, 5.74) is 12.9. The number of rotatable bonds is 5. The van der Waals surface area contributed by atoms with Gasteiger partial charge in [-0.25, -0.2) is 8.78 Å². The van der Waals surface area contributed by atoms with Crippen LogP contribution in [0.15, 0.2) is 70.5 Å². The summed E-state index contributed by atoms with van der Waals surface area (Å²) in [6.07, 6.45) is 4.14. The van der Waals surface area contributed by atoms with E-state index in [1.54, 1.807) is 34.9 Å². The molecule has 180 valence electrons. The lowest BCUT2D eigenvalue weighted by molar-refractivity contribution is 0.259. The molecule has 1 fully saturated rings. The first-order chi connectivity index (χ1) is 16.9. The van der Waals surface area contributed by atoms with Gasteiger partial charge in [-0.3, -0.25) is 9.20 Å². The highest BCUT2D eigenvalue weighted by atomic mass is 32.1. The van der Waals surface area contributed by atoms with Crippen molar-refractivity contribution in [3.63, 3.8) is 0 Å². The topological polar surface area (TPSA) is 50.7 Å². The maximum Gasteiger partial charge on any atom is 0.259 e. The Bertz CT molecular complexity index is 1400. The first-order valence-corrected chi connectivity index (χ1v) is 12.6. The lowest BCUT2D eigenvalue weighted by atomic mass is 9.88. The molecule has 1 aliphatic rings. The Balaban J connectivity index is 1.36. The SMILES string of the molecule is Cc1c(CCN2CCC(=C(c3ccc(F)cc3)c3ccc(F)cc3)CC2)c(=O)n2ccsc2c1N. The van der Waals surface area contributed by atoms with E-state index in [9.17, 15) is 13.6 Å². The summed E-state index contributed by atoms with van der Waals surface area (Å²) in [7, 11) is 0. The Morgan fingerprint density at radius 1 is 0.971 bits per heavy atom. The van der Waals surface area contributed by atoms with Crippen molar-refractivity contribution in [2.24, 2.45) is 0 Å². The summed E-state index contributed by atoms with van der Waals surface area (Å²) >= 11 is 1.48. The number of pyridine rings is 1. The molecule has 0 atom stereocenters. The summed E-state index contributed by atoms with van der Waals surface area (Å²) in [5, 5.41) is 1.88. The minimum atomic E-state index is -0.278. The molecule has 7 heteroatoms. The molecule has 2 aromatic carbocycles. The molecular weight excluding hydrogens is 464 g/mol. The number of piperidine rings is 1. The van der Waals surface area contributed by atoms with E-state index < -0.39 is 0 Å². The Labute approximate surface area is 206 Å². The minimum Gasteiger partial charge on any atom is -0.396 e. The monoisotopic (exact) mass is 491 g/mol. The number of likely N-dealkylation sites (tertiary alicyclic amines) is 1. The molecule has 1 aliphatic heterocycles. The molecule has 35 heavy (non-hydrogen) atoms. The van der Waals surface area contributed by atoms with Crippen molar-refractivity contribution < 1.29 is 8.78 Å². The Kier molecular flexibility index (Phi) is 6.54. The van der Waals surface area contributed by atoms with E-state index in [0.29, 0.717) is 12.1 Å². The van der Waals surface area contributed by atoms with Crippen LogP contribution in [-0.2, 0) is 6.42 Å². The molecule has 5 rings (SSSR count). The number of nitrogens with two attached hydrogens (primary N) is 1. The van der Waals surface area contributed by atoms with Crippen molar-refractivity contribution in [2.45, 2.75) is 26.2 Å². The highest BCUT2D eigenvalue weighted by molar-refractivity contribution is 7.16. The van der Waals surface area contributed by atoms with Gasteiger partial charge in [0.2, 0.25) is 0 Å². The fourth-order valence-corrected chi connectivity index (χ4v) is 5.78. The van der Waals surface area contributed by atoms with Crippen molar-refractivity contribution in [2.75, 3.05) is 25.4 Å². The van der Waals surface area contributed by atoms with Gasteiger partial charge in [0.15, 0.2) is 0 Å². The lowest BCUT2D eigenvalue weighted by Crippen LogP contribution is -2.34. The second-order valence-electron chi connectivity index (χ2n) is 8.98. The van der Waals surface area contributed by atoms with Crippen LogP contribution < -0.4 is 11.3 Å². The van der Waals surface area contributed by atoms with Crippen LogP contribution in [0.3, 0.4) is 0 Å². The van der Waals surface area contributed by atoms with Gasteiger partial charge in [0.1, 0.15) is 16.5 Å². The van der Waals surface area contributed by atoms with E-state index in [0.717, 1.165) is 65.1 Å². The third-order valence-corrected chi connectivity index (χ3v) is 7.83. The zero-order chi connectivity index (χ0) is 24.5. The van der Waals surface area contributed by atoms with Crippen molar-refractivity contribution in [1.29, 1.82) is 0 Å². The zero-order valence-corrected chi connectivity index (χ0v) is 20.4. The molecule has 3 heterocycles. The molecule has 0 unspecified atom stereocenters. The van der Waals surface area contributed by atoms with Gasteiger partial charge < -0.3 is 10.6 Å². The standard InChI is InChI=1S/C28H27F2N3OS/c1-18-24(27(34)33-16-17-35-28(33)26(18)31)12-15-32-13-10-21(11-14-32)25(19-2-6-22(29)7-3-19)20-4-8-23(30)9-5-20/h2-9,16-17H,10-15,31H2,1H3. The number of hydrogen-bond donors (Lipinski definition) is 1. The van der Waals surface area contributed by atoms with Crippen LogP contribution in [0.25, 0.3) is 10.4 Å². The van der Waals surface area contributed by atoms with Gasteiger partial charge in [0.25, 0.3) is 5.56 Å². The molecule has 0 amide bonds. The molecule has 0 radical (unpaired) electrons. The van der Waals surface area contributed by atoms with Gasteiger partial charge in [-0.05, 0) is 72.7 Å². The average molecular weight is 492 g/mol. The van der Waals surface area contributed by atoms with E-state index in [4.69, 9.17) is 5.73 Å². The third-order valence-electron chi connectivity index (χ3n) is 6.93. The third kappa shape index (κ3) is 4.66. The van der Waals surface area contributed by atoms with E-state index >= 15 is 0 Å². The van der Waals surface area contributed by atoms with Crippen molar-refractivity contribution in [3.8, 4) is 0 Å². The second kappa shape index (κ2) is 9.76. The molecule has 1 saturated heterocycles. The van der Waals surface area contributed by atoms with E-state index in [-0.39, 0.29) is 17.2 Å². The van der Waals surface area contributed by atoms with Crippen LogP contribution in [0.4, 0.5) is 14.5 Å². The van der Waals surface area contributed by atoms with Gasteiger partial charge in [-0.1, -0.05) is 29.8 Å². The van der Waals surface area contributed by atoms with Crippen LogP contribution in [0.1, 0.15) is 35.1 Å². The molecule has 0 spiro atoms. The number of benzene rings is 2. The van der Waals surface area contributed by atoms with Crippen LogP contribution in [-0.4, -0.2) is 28.9 Å². The molecule has 2 aromatic heterocycles. The average Bonchev–Trinajstić information content (AvgIpc) is 3.37. The maximum absolute atomic E-state index is 13.6. The fraction of sp³-hybridized carbons (Fsp3) is 0.250. The summed E-state index contributed by atoms with van der Waals surface area (Å²) in [5.74, 6) is -0.556. The van der Waals surface area contributed by atoms with Crippen LogP contribution in [0, 0.1) is 18.6 Å². The normalized spacial score (nSPS) is 14.5. The molecule has 2 N–H and O–H groups in total. The number of halogens is 2. The smallest absolute Gasteiger partial charge is 0.259 e. The Hall–Kier alpha value is -3.29. The molecule has 0 saturated carbocycles. The number of thiazole rings is 1. The number of aromatic nitrogens is 1. The van der Waals surface area contributed by atoms with E-state index in [2.05, 4.69) is 4.90 Å². The molecule has 4 nitrogen and oxygen atoms in total. The van der Waals surface area contributed by atoms with Crippen molar-refractivity contribution >= 4 is 27.4 Å². The van der Waals surface area contributed by atoms with Gasteiger partial charge in [0, 0.05) is 36.8 Å². The van der Waals surface area contributed by atoms with Gasteiger partial charge >= 0.3 is 0 Å². The van der Waals surface area contributed by atoms with Gasteiger partial charge in [-0.2, -0.15) is 0 Å². The van der Waals surface area contributed by atoms with Gasteiger partial charge in [-0.15, -0.1) is 11.3 Å². The predicted octanol–water partition coefficient (Wildman–Crippen LogP) is 5.67. The van der Waals surface area contributed by atoms with Gasteiger partial charge in [0.05, 0.1) is 5.69 Å². The molecule has 4 aromatic rings. The van der Waals surface area contributed by atoms with Crippen LogP contribution >= 0.6 is 11.3 Å². The zero-order valence-electron chi connectivity index (χ0n) is 19.6. The highest BCUT2D eigenvalue weighted by Crippen LogP contribution is 2.33. The first-order valence-electron chi connectivity index (χ1n) is 11.8. The number of anilines is 1. The highest BCUT2D eigenvalue weighted by Gasteiger charge is 2.21. The number of nitrogen functional groups attached to an aromatic ring is 1. The largest absolute Gasteiger partial charge is 0.396 e. The van der Waals surface area contributed by atoms with Crippen molar-refractivity contribution in [1.82, 2.24) is 9.30 Å². The Morgan fingerprint density at radius 2 is 1.54 bits per heavy atom. The second-order valence-corrected chi connectivity index (χ2v) is 9.88.